The maximum atomic E-state index is 13.3. The normalized spacial score (nSPS) is 12.5. The van der Waals surface area contributed by atoms with E-state index in [9.17, 15) is 18.7 Å². The first-order valence-electron chi connectivity index (χ1n) is 6.73. The largest absolute Gasteiger partial charge is 0.387 e. The van der Waals surface area contributed by atoms with Gasteiger partial charge in [-0.25, -0.2) is 13.8 Å². The molecule has 4 nitrogen and oxygen atoms in total. The van der Waals surface area contributed by atoms with Crippen LogP contribution in [0.1, 0.15) is 11.7 Å². The lowest BCUT2D eigenvalue weighted by molar-refractivity contribution is 0.155. The smallest absolute Gasteiger partial charge is 0.261 e. The summed E-state index contributed by atoms with van der Waals surface area (Å²) in [6, 6.07) is 8.21. The third kappa shape index (κ3) is 3.09. The van der Waals surface area contributed by atoms with Crippen molar-refractivity contribution in [3.8, 4) is 0 Å². The average Bonchev–Trinajstić information content (AvgIpc) is 2.53. The van der Waals surface area contributed by atoms with Crippen molar-refractivity contribution in [3.63, 3.8) is 0 Å². The van der Waals surface area contributed by atoms with Crippen LogP contribution in [0.2, 0.25) is 5.02 Å². The minimum absolute atomic E-state index is 0.0466. The van der Waals surface area contributed by atoms with Crippen LogP contribution in [-0.4, -0.2) is 14.7 Å². The highest BCUT2D eigenvalue weighted by molar-refractivity contribution is 6.30. The van der Waals surface area contributed by atoms with Gasteiger partial charge in [-0.2, -0.15) is 0 Å². The summed E-state index contributed by atoms with van der Waals surface area (Å²) in [6.07, 6.45) is 0.232. The Bertz CT molecular complexity index is 926. The van der Waals surface area contributed by atoms with Crippen LogP contribution in [0.3, 0.4) is 0 Å². The molecule has 1 atom stereocenters. The molecule has 118 valence electrons. The number of aromatic nitrogens is 2. The van der Waals surface area contributed by atoms with Crippen LogP contribution >= 0.6 is 11.6 Å². The lowest BCUT2D eigenvalue weighted by Crippen LogP contribution is -2.24. The summed E-state index contributed by atoms with van der Waals surface area (Å²) in [5.74, 6) is -2.18. The molecular weight excluding hydrogens is 326 g/mol. The second kappa shape index (κ2) is 6.06. The number of nitrogens with zero attached hydrogens (tertiary/aromatic N) is 2. The molecule has 0 radical (unpaired) electrons. The predicted octanol–water partition coefficient (Wildman–Crippen LogP) is 3.06. The molecule has 0 bridgehead atoms. The number of aliphatic hydroxyl groups excluding tert-OH is 1. The molecule has 7 heteroatoms. The summed E-state index contributed by atoms with van der Waals surface area (Å²) in [7, 11) is 0. The summed E-state index contributed by atoms with van der Waals surface area (Å²) in [5, 5.41) is 10.7. The predicted molar refractivity (Wildman–Crippen MR) is 82.3 cm³/mol. The van der Waals surface area contributed by atoms with Crippen molar-refractivity contribution in [2.24, 2.45) is 0 Å². The monoisotopic (exact) mass is 336 g/mol. The van der Waals surface area contributed by atoms with Crippen LogP contribution < -0.4 is 5.56 Å². The van der Waals surface area contributed by atoms with Crippen LogP contribution in [0.4, 0.5) is 8.78 Å². The molecule has 3 rings (SSSR count). The minimum atomic E-state index is -1.12. The van der Waals surface area contributed by atoms with Crippen LogP contribution in [0.25, 0.3) is 10.9 Å². The Morgan fingerprint density at radius 3 is 2.52 bits per heavy atom. The lowest BCUT2D eigenvalue weighted by Gasteiger charge is -2.13. The number of rotatable bonds is 3. The zero-order valence-corrected chi connectivity index (χ0v) is 12.5. The molecule has 0 spiro atoms. The van der Waals surface area contributed by atoms with E-state index in [1.807, 2.05) is 0 Å². The second-order valence-corrected chi connectivity index (χ2v) is 5.49. The molecule has 1 heterocycles. The van der Waals surface area contributed by atoms with Gasteiger partial charge in [0.25, 0.3) is 5.56 Å². The Balaban J connectivity index is 1.97. The van der Waals surface area contributed by atoms with Crippen molar-refractivity contribution < 1.29 is 13.9 Å². The van der Waals surface area contributed by atoms with Crippen molar-refractivity contribution in [1.82, 2.24) is 9.55 Å². The van der Waals surface area contributed by atoms with E-state index in [0.717, 1.165) is 16.7 Å². The van der Waals surface area contributed by atoms with Crippen LogP contribution in [0.5, 0.6) is 0 Å². The number of fused-ring (bicyclic) bond motifs is 1. The summed E-state index contributed by atoms with van der Waals surface area (Å²) < 4.78 is 27.6. The molecule has 0 aliphatic rings. The van der Waals surface area contributed by atoms with E-state index in [4.69, 9.17) is 11.6 Å². The Hall–Kier alpha value is -2.31. The standard InChI is InChI=1S/C16H11ClF2N2O2/c17-10-3-1-9(2-4-10)15(22)7-21-8-20-14-6-13(19)12(18)5-11(14)16(21)23/h1-6,8,15,22H,7H2. The molecule has 1 N–H and O–H groups in total. The molecule has 2 aromatic carbocycles. The zero-order chi connectivity index (χ0) is 16.6. The molecular formula is C16H11ClF2N2O2. The van der Waals surface area contributed by atoms with E-state index in [2.05, 4.69) is 4.98 Å². The number of aliphatic hydroxyl groups is 1. The van der Waals surface area contributed by atoms with Gasteiger partial charge in [0.05, 0.1) is 29.9 Å². The third-order valence-electron chi connectivity index (χ3n) is 3.49. The molecule has 0 saturated heterocycles. The van der Waals surface area contributed by atoms with Gasteiger partial charge in [0.1, 0.15) is 0 Å². The average molecular weight is 337 g/mol. The fourth-order valence-corrected chi connectivity index (χ4v) is 2.39. The summed E-state index contributed by atoms with van der Waals surface area (Å²) in [4.78, 5) is 16.2. The van der Waals surface area contributed by atoms with Crippen molar-refractivity contribution >= 4 is 22.5 Å². The SMILES string of the molecule is O=c1c2cc(F)c(F)cc2ncn1CC(O)c1ccc(Cl)cc1. The fraction of sp³-hybridized carbons (Fsp3) is 0.125. The van der Waals surface area contributed by atoms with Gasteiger partial charge in [-0.1, -0.05) is 23.7 Å². The third-order valence-corrected chi connectivity index (χ3v) is 3.74. The van der Waals surface area contributed by atoms with E-state index in [0.29, 0.717) is 10.6 Å². The van der Waals surface area contributed by atoms with E-state index >= 15 is 0 Å². The van der Waals surface area contributed by atoms with Crippen LogP contribution in [0.15, 0.2) is 47.5 Å². The Kier molecular flexibility index (Phi) is 4.11. The quantitative estimate of drug-likeness (QED) is 0.799. The molecule has 0 aliphatic heterocycles. The van der Waals surface area contributed by atoms with Gasteiger partial charge in [-0.15, -0.1) is 0 Å². The Morgan fingerprint density at radius 2 is 1.83 bits per heavy atom. The second-order valence-electron chi connectivity index (χ2n) is 5.05. The van der Waals surface area contributed by atoms with E-state index in [1.54, 1.807) is 24.3 Å². The van der Waals surface area contributed by atoms with E-state index in [1.165, 1.54) is 6.33 Å². The van der Waals surface area contributed by atoms with Gasteiger partial charge in [0.15, 0.2) is 11.6 Å². The number of halogens is 3. The number of benzene rings is 2. The van der Waals surface area contributed by atoms with Gasteiger partial charge in [-0.05, 0) is 23.8 Å². The maximum absolute atomic E-state index is 13.3. The molecule has 0 saturated carbocycles. The van der Waals surface area contributed by atoms with E-state index < -0.39 is 23.3 Å². The lowest BCUT2D eigenvalue weighted by atomic mass is 10.1. The van der Waals surface area contributed by atoms with Crippen LogP contribution in [0, 0.1) is 11.6 Å². The highest BCUT2D eigenvalue weighted by atomic mass is 35.5. The Labute approximate surface area is 134 Å². The van der Waals surface area contributed by atoms with E-state index in [-0.39, 0.29) is 17.4 Å². The Morgan fingerprint density at radius 1 is 1.17 bits per heavy atom. The first kappa shape index (κ1) is 15.6. The van der Waals surface area contributed by atoms with Crippen LogP contribution in [-0.2, 0) is 6.54 Å². The first-order chi connectivity index (χ1) is 11.0. The minimum Gasteiger partial charge on any atom is -0.387 e. The van der Waals surface area contributed by atoms with Gasteiger partial charge in [-0.3, -0.25) is 9.36 Å². The van der Waals surface area contributed by atoms with Gasteiger partial charge in [0, 0.05) is 11.1 Å². The maximum Gasteiger partial charge on any atom is 0.261 e. The topological polar surface area (TPSA) is 55.1 Å². The summed E-state index contributed by atoms with van der Waals surface area (Å²) in [5.41, 5.74) is 0.0831. The fourth-order valence-electron chi connectivity index (χ4n) is 2.26. The summed E-state index contributed by atoms with van der Waals surface area (Å²) >= 11 is 5.78. The molecule has 0 amide bonds. The number of hydrogen-bond donors (Lipinski definition) is 1. The number of hydrogen-bond acceptors (Lipinski definition) is 3. The van der Waals surface area contributed by atoms with Crippen molar-refractivity contribution in [2.75, 3.05) is 0 Å². The summed E-state index contributed by atoms with van der Waals surface area (Å²) in [6.45, 7) is -0.0671. The van der Waals surface area contributed by atoms with Crippen molar-refractivity contribution in [3.05, 3.63) is 75.3 Å². The van der Waals surface area contributed by atoms with Crippen molar-refractivity contribution in [2.45, 2.75) is 12.6 Å². The van der Waals surface area contributed by atoms with Gasteiger partial charge >= 0.3 is 0 Å². The highest BCUT2D eigenvalue weighted by Crippen LogP contribution is 2.18. The van der Waals surface area contributed by atoms with Crippen molar-refractivity contribution in [1.29, 1.82) is 0 Å². The first-order valence-corrected chi connectivity index (χ1v) is 7.11. The molecule has 0 aliphatic carbocycles. The highest BCUT2D eigenvalue weighted by Gasteiger charge is 2.13. The molecule has 1 unspecified atom stereocenters. The van der Waals surface area contributed by atoms with Gasteiger partial charge in [0.2, 0.25) is 0 Å². The zero-order valence-electron chi connectivity index (χ0n) is 11.7. The molecule has 3 aromatic rings. The molecule has 0 fully saturated rings. The van der Waals surface area contributed by atoms with Gasteiger partial charge < -0.3 is 5.11 Å². The molecule has 1 aromatic heterocycles. The molecule has 23 heavy (non-hydrogen) atoms.